The maximum atomic E-state index is 10.4. The number of aromatic nitrogens is 1. The van der Waals surface area contributed by atoms with Crippen molar-refractivity contribution in [2.24, 2.45) is 0 Å². The Balaban J connectivity index is 2.00. The molecule has 80 valence electrons. The van der Waals surface area contributed by atoms with Gasteiger partial charge in [0.05, 0.1) is 4.92 Å². The summed E-state index contributed by atoms with van der Waals surface area (Å²) < 4.78 is 0. The predicted molar refractivity (Wildman–Crippen MR) is 56.8 cm³/mol. The van der Waals surface area contributed by atoms with Crippen molar-refractivity contribution in [3.05, 3.63) is 28.4 Å². The van der Waals surface area contributed by atoms with Crippen LogP contribution in [-0.4, -0.2) is 15.9 Å². The molecular formula is C10H13N3O2. The van der Waals surface area contributed by atoms with E-state index in [2.05, 4.69) is 10.3 Å². The van der Waals surface area contributed by atoms with E-state index >= 15 is 0 Å². The molecule has 0 aliphatic heterocycles. The molecular weight excluding hydrogens is 194 g/mol. The minimum Gasteiger partial charge on any atom is -0.367 e. The van der Waals surface area contributed by atoms with Gasteiger partial charge in [0.15, 0.2) is 0 Å². The first-order valence-electron chi connectivity index (χ1n) is 5.13. The number of hydrogen-bond donors (Lipinski definition) is 1. The summed E-state index contributed by atoms with van der Waals surface area (Å²) in [6.45, 7) is 0. The number of nitrogens with one attached hydrogen (secondary N) is 1. The zero-order valence-electron chi connectivity index (χ0n) is 8.35. The van der Waals surface area contributed by atoms with E-state index in [1.165, 1.54) is 37.9 Å². The van der Waals surface area contributed by atoms with Crippen LogP contribution >= 0.6 is 0 Å². The summed E-state index contributed by atoms with van der Waals surface area (Å²) in [5.41, 5.74) is 0.0342. The number of nitro groups is 1. The van der Waals surface area contributed by atoms with E-state index in [1.807, 2.05) is 0 Å². The van der Waals surface area contributed by atoms with Crippen LogP contribution < -0.4 is 5.32 Å². The number of pyridine rings is 1. The second-order valence-electron chi connectivity index (χ2n) is 3.78. The van der Waals surface area contributed by atoms with E-state index in [-0.39, 0.29) is 5.69 Å². The molecule has 1 aliphatic carbocycles. The summed E-state index contributed by atoms with van der Waals surface area (Å²) in [6.07, 6.45) is 6.13. The average Bonchev–Trinajstić information content (AvgIpc) is 2.71. The molecule has 0 spiro atoms. The monoisotopic (exact) mass is 207 g/mol. The van der Waals surface area contributed by atoms with Crippen LogP contribution in [0.1, 0.15) is 25.7 Å². The first-order valence-corrected chi connectivity index (χ1v) is 5.13. The van der Waals surface area contributed by atoms with Gasteiger partial charge in [-0.1, -0.05) is 12.8 Å². The quantitative estimate of drug-likeness (QED) is 0.610. The molecule has 1 aliphatic rings. The molecule has 15 heavy (non-hydrogen) atoms. The minimum absolute atomic E-state index is 0.0342. The molecule has 1 N–H and O–H groups in total. The van der Waals surface area contributed by atoms with Crippen LogP contribution in [0.5, 0.6) is 0 Å². The van der Waals surface area contributed by atoms with E-state index in [0.717, 1.165) is 5.82 Å². The molecule has 2 rings (SSSR count). The highest BCUT2D eigenvalue weighted by Gasteiger charge is 2.15. The lowest BCUT2D eigenvalue weighted by Crippen LogP contribution is -2.15. The predicted octanol–water partition coefficient (Wildman–Crippen LogP) is 2.34. The summed E-state index contributed by atoms with van der Waals surface area (Å²) in [6, 6.07) is 3.62. The first-order chi connectivity index (χ1) is 7.25. The largest absolute Gasteiger partial charge is 0.367 e. The molecule has 1 heterocycles. The molecule has 1 aromatic heterocycles. The van der Waals surface area contributed by atoms with Gasteiger partial charge < -0.3 is 5.32 Å². The number of hydrogen-bond acceptors (Lipinski definition) is 4. The highest BCUT2D eigenvalue weighted by Crippen LogP contribution is 2.21. The fraction of sp³-hybridized carbons (Fsp3) is 0.500. The Morgan fingerprint density at radius 2 is 2.13 bits per heavy atom. The summed E-state index contributed by atoms with van der Waals surface area (Å²) in [4.78, 5) is 14.0. The molecule has 0 radical (unpaired) electrons. The fourth-order valence-electron chi connectivity index (χ4n) is 1.86. The van der Waals surface area contributed by atoms with Gasteiger partial charge in [-0.3, -0.25) is 10.1 Å². The van der Waals surface area contributed by atoms with Crippen molar-refractivity contribution in [1.29, 1.82) is 0 Å². The lowest BCUT2D eigenvalue weighted by molar-refractivity contribution is -0.385. The number of rotatable bonds is 3. The van der Waals surface area contributed by atoms with Gasteiger partial charge in [0.2, 0.25) is 0 Å². The van der Waals surface area contributed by atoms with Crippen LogP contribution in [0.2, 0.25) is 0 Å². The van der Waals surface area contributed by atoms with Crippen molar-refractivity contribution in [3.63, 3.8) is 0 Å². The molecule has 5 heteroatoms. The van der Waals surface area contributed by atoms with Gasteiger partial charge in [0, 0.05) is 12.1 Å². The summed E-state index contributed by atoms with van der Waals surface area (Å²) in [5, 5.41) is 13.7. The van der Waals surface area contributed by atoms with Crippen LogP contribution in [-0.2, 0) is 0 Å². The van der Waals surface area contributed by atoms with Gasteiger partial charge in [0.25, 0.3) is 5.69 Å². The Kier molecular flexibility index (Phi) is 2.80. The Morgan fingerprint density at radius 1 is 1.40 bits per heavy atom. The third-order valence-corrected chi connectivity index (χ3v) is 2.67. The Hall–Kier alpha value is -1.65. The van der Waals surface area contributed by atoms with Crippen molar-refractivity contribution < 1.29 is 4.92 Å². The average molecular weight is 207 g/mol. The van der Waals surface area contributed by atoms with Gasteiger partial charge in [0.1, 0.15) is 12.0 Å². The molecule has 0 amide bonds. The van der Waals surface area contributed by atoms with Crippen LogP contribution in [0.25, 0.3) is 0 Å². The number of anilines is 1. The van der Waals surface area contributed by atoms with Gasteiger partial charge in [-0.2, -0.15) is 0 Å². The van der Waals surface area contributed by atoms with E-state index in [9.17, 15) is 10.1 Å². The molecule has 1 saturated carbocycles. The van der Waals surface area contributed by atoms with Crippen molar-refractivity contribution in [2.75, 3.05) is 5.32 Å². The standard InChI is InChI=1S/C10H13N3O2/c14-13(15)9-5-6-10(11-7-9)12-8-3-1-2-4-8/h5-8H,1-4H2,(H,11,12). The van der Waals surface area contributed by atoms with Gasteiger partial charge in [-0.05, 0) is 18.9 Å². The summed E-state index contributed by atoms with van der Waals surface area (Å²) >= 11 is 0. The van der Waals surface area contributed by atoms with E-state index in [0.29, 0.717) is 6.04 Å². The van der Waals surface area contributed by atoms with E-state index in [1.54, 1.807) is 6.07 Å². The topological polar surface area (TPSA) is 68.1 Å². The third kappa shape index (κ3) is 2.43. The smallest absolute Gasteiger partial charge is 0.287 e. The zero-order valence-corrected chi connectivity index (χ0v) is 8.35. The highest BCUT2D eigenvalue weighted by molar-refractivity contribution is 5.40. The first kappa shape index (κ1) is 9.89. The molecule has 1 aromatic rings. The van der Waals surface area contributed by atoms with Crippen LogP contribution in [0.4, 0.5) is 11.5 Å². The maximum Gasteiger partial charge on any atom is 0.287 e. The third-order valence-electron chi connectivity index (χ3n) is 2.67. The molecule has 0 unspecified atom stereocenters. The molecule has 0 saturated heterocycles. The molecule has 5 nitrogen and oxygen atoms in total. The SMILES string of the molecule is O=[N+]([O-])c1ccc(NC2CCCC2)nc1. The van der Waals surface area contributed by atoms with Crippen molar-refractivity contribution in [2.45, 2.75) is 31.7 Å². The molecule has 0 bridgehead atoms. The second kappa shape index (κ2) is 4.25. The van der Waals surface area contributed by atoms with Crippen LogP contribution in [0.15, 0.2) is 18.3 Å². The van der Waals surface area contributed by atoms with Gasteiger partial charge >= 0.3 is 0 Å². The van der Waals surface area contributed by atoms with Crippen molar-refractivity contribution >= 4 is 11.5 Å². The Morgan fingerprint density at radius 3 is 2.67 bits per heavy atom. The normalized spacial score (nSPS) is 16.5. The lowest BCUT2D eigenvalue weighted by atomic mass is 10.2. The van der Waals surface area contributed by atoms with Crippen molar-refractivity contribution in [3.8, 4) is 0 Å². The van der Waals surface area contributed by atoms with Crippen LogP contribution in [0.3, 0.4) is 0 Å². The minimum atomic E-state index is -0.438. The molecule has 0 atom stereocenters. The summed E-state index contributed by atoms with van der Waals surface area (Å²) in [7, 11) is 0. The lowest BCUT2D eigenvalue weighted by Gasteiger charge is -2.11. The molecule has 1 fully saturated rings. The highest BCUT2D eigenvalue weighted by atomic mass is 16.6. The second-order valence-corrected chi connectivity index (χ2v) is 3.78. The Bertz CT molecular complexity index is 344. The summed E-state index contributed by atoms with van der Waals surface area (Å²) in [5.74, 6) is 0.729. The van der Waals surface area contributed by atoms with Gasteiger partial charge in [-0.25, -0.2) is 4.98 Å². The van der Waals surface area contributed by atoms with E-state index < -0.39 is 4.92 Å². The van der Waals surface area contributed by atoms with Gasteiger partial charge in [-0.15, -0.1) is 0 Å². The molecule has 0 aromatic carbocycles. The zero-order chi connectivity index (χ0) is 10.7. The maximum absolute atomic E-state index is 10.4. The Labute approximate surface area is 87.7 Å². The van der Waals surface area contributed by atoms with E-state index in [4.69, 9.17) is 0 Å². The van der Waals surface area contributed by atoms with Crippen LogP contribution in [0, 0.1) is 10.1 Å². The van der Waals surface area contributed by atoms with Crippen molar-refractivity contribution in [1.82, 2.24) is 4.98 Å². The number of nitrogens with zero attached hydrogens (tertiary/aromatic N) is 2. The fourth-order valence-corrected chi connectivity index (χ4v) is 1.86.